The Morgan fingerprint density at radius 1 is 0.815 bits per heavy atom. The van der Waals surface area contributed by atoms with Gasteiger partial charge in [0.1, 0.15) is 6.04 Å². The molecule has 3 aliphatic rings. The highest BCUT2D eigenvalue weighted by atomic mass is 19.4. The molecule has 0 saturated carbocycles. The Hall–Kier alpha value is -6.53. The predicted molar refractivity (Wildman–Crippen MR) is 240 cm³/mol. The number of benzene rings is 3. The third-order valence-corrected chi connectivity index (χ3v) is 12.1. The molecular weight excluding hydrogens is 844 g/mol. The molecule has 3 aromatic carbocycles. The monoisotopic (exact) mass is 897 g/mol. The first-order valence-electron chi connectivity index (χ1n) is 22.1. The Morgan fingerprint density at radius 2 is 1.55 bits per heavy atom. The number of rotatable bonds is 18. The van der Waals surface area contributed by atoms with Crippen molar-refractivity contribution in [3.63, 3.8) is 0 Å². The number of carbonyl (C=O) groups excluding carboxylic acids is 5. The number of aromatic nitrogens is 1. The second-order valence-electron chi connectivity index (χ2n) is 16.7. The summed E-state index contributed by atoms with van der Waals surface area (Å²) in [6, 6.07) is 18.1. The normalized spacial score (nSPS) is 16.9. The number of pyridine rings is 1. The van der Waals surface area contributed by atoms with Crippen LogP contribution in [0.5, 0.6) is 0 Å². The van der Waals surface area contributed by atoms with Crippen LogP contribution < -0.4 is 32.6 Å². The molecule has 0 radical (unpaired) electrons. The number of unbranched alkanes of at least 4 members (excludes halogenated alkanes) is 4. The Bertz CT molecular complexity index is 2470. The van der Waals surface area contributed by atoms with Gasteiger partial charge in [-0.1, -0.05) is 49.6 Å². The van der Waals surface area contributed by atoms with E-state index in [-0.39, 0.29) is 35.5 Å². The number of nitrogens with one attached hydrogen (secondary N) is 5. The van der Waals surface area contributed by atoms with Gasteiger partial charge >= 0.3 is 6.18 Å². The lowest BCUT2D eigenvalue weighted by atomic mass is 10.0. The van der Waals surface area contributed by atoms with Gasteiger partial charge in [-0.05, 0) is 66.3 Å². The van der Waals surface area contributed by atoms with Crippen LogP contribution in [0.4, 0.5) is 30.2 Å². The summed E-state index contributed by atoms with van der Waals surface area (Å²) in [6.07, 6.45) is 1.62. The van der Waals surface area contributed by atoms with Gasteiger partial charge in [-0.2, -0.15) is 13.2 Å². The number of piperazine rings is 1. The molecule has 5 amide bonds. The summed E-state index contributed by atoms with van der Waals surface area (Å²) in [5.74, 6) is -1.91. The van der Waals surface area contributed by atoms with Crippen LogP contribution in [0.2, 0.25) is 0 Å². The number of carbonyl (C=O) groups is 5. The molecule has 2 saturated heterocycles. The number of piperidine rings is 1. The van der Waals surface area contributed by atoms with Gasteiger partial charge in [0, 0.05) is 101 Å². The first-order valence-corrected chi connectivity index (χ1v) is 22.1. The number of amides is 5. The van der Waals surface area contributed by atoms with E-state index in [0.717, 1.165) is 99.9 Å². The zero-order chi connectivity index (χ0) is 46.1. The number of halogens is 3. The summed E-state index contributed by atoms with van der Waals surface area (Å²) in [5, 5.41) is 11.3. The summed E-state index contributed by atoms with van der Waals surface area (Å²) in [7, 11) is 0. The summed E-state index contributed by atoms with van der Waals surface area (Å²) in [6.45, 7) is 6.58. The van der Waals surface area contributed by atoms with Crippen molar-refractivity contribution in [2.45, 2.75) is 76.7 Å². The van der Waals surface area contributed by atoms with Crippen molar-refractivity contribution in [1.29, 1.82) is 0 Å². The van der Waals surface area contributed by atoms with Gasteiger partial charge in [-0.15, -0.1) is 0 Å². The van der Waals surface area contributed by atoms with Crippen molar-refractivity contribution < 1.29 is 37.1 Å². The second-order valence-corrected chi connectivity index (χ2v) is 16.7. The molecule has 7 rings (SSSR count). The van der Waals surface area contributed by atoms with Crippen LogP contribution in [-0.4, -0.2) is 101 Å². The van der Waals surface area contributed by atoms with Gasteiger partial charge < -0.3 is 31.6 Å². The molecule has 3 aliphatic heterocycles. The Balaban J connectivity index is 0.760. The number of aromatic amines is 1. The molecule has 18 heteroatoms. The molecule has 0 spiro atoms. The van der Waals surface area contributed by atoms with Crippen LogP contribution in [0, 0.1) is 0 Å². The van der Waals surface area contributed by atoms with Crippen LogP contribution in [-0.2, 0) is 33.6 Å². The SMILES string of the molecule is Nc1ccc(-c2cccc(CN3CCN(CCNC(=O)CCCCCCCNc4cccc5c4CN(C4CCC(=O)NC4=O)C5=O)CC3)c2)cc1NC(=O)c1c[nH]c(=O)cc1C(F)(F)F. The van der Waals surface area contributed by atoms with E-state index in [9.17, 15) is 41.9 Å². The van der Waals surface area contributed by atoms with Crippen molar-refractivity contribution in [3.05, 3.63) is 111 Å². The van der Waals surface area contributed by atoms with Crippen LogP contribution in [0.1, 0.15) is 88.8 Å². The highest BCUT2D eigenvalue weighted by molar-refractivity contribution is 6.07. The number of nitrogens with zero attached hydrogens (tertiary/aromatic N) is 3. The fraction of sp³-hybridized carbons (Fsp3) is 0.404. The fourth-order valence-corrected chi connectivity index (χ4v) is 8.56. The summed E-state index contributed by atoms with van der Waals surface area (Å²) in [4.78, 5) is 82.5. The average Bonchev–Trinajstić information content (AvgIpc) is 3.61. The van der Waals surface area contributed by atoms with Gasteiger partial charge in [-0.25, -0.2) is 0 Å². The van der Waals surface area contributed by atoms with E-state index in [0.29, 0.717) is 49.7 Å². The number of hydrogen-bond donors (Lipinski definition) is 6. The van der Waals surface area contributed by atoms with Crippen molar-refractivity contribution in [2.75, 3.05) is 62.2 Å². The van der Waals surface area contributed by atoms with Crippen LogP contribution in [0.15, 0.2) is 77.7 Å². The maximum absolute atomic E-state index is 13.6. The summed E-state index contributed by atoms with van der Waals surface area (Å²) >= 11 is 0. The van der Waals surface area contributed by atoms with E-state index >= 15 is 0 Å². The number of imide groups is 1. The number of alkyl halides is 3. The Morgan fingerprint density at radius 3 is 2.34 bits per heavy atom. The van der Waals surface area contributed by atoms with E-state index < -0.39 is 40.7 Å². The van der Waals surface area contributed by atoms with E-state index in [1.165, 1.54) is 0 Å². The van der Waals surface area contributed by atoms with E-state index in [4.69, 9.17) is 5.73 Å². The largest absolute Gasteiger partial charge is 0.417 e. The number of fused-ring (bicyclic) bond motifs is 1. The van der Waals surface area contributed by atoms with Crippen molar-refractivity contribution in [2.24, 2.45) is 0 Å². The van der Waals surface area contributed by atoms with E-state index in [1.54, 1.807) is 29.2 Å². The van der Waals surface area contributed by atoms with Crippen molar-refractivity contribution in [3.8, 4) is 11.1 Å². The topological polar surface area (TPSA) is 202 Å². The number of anilines is 3. The molecule has 0 bridgehead atoms. The smallest absolute Gasteiger partial charge is 0.397 e. The third-order valence-electron chi connectivity index (χ3n) is 12.1. The minimum atomic E-state index is -4.91. The Kier molecular flexibility index (Phi) is 15.0. The number of hydrogen-bond acceptors (Lipinski definition) is 10. The highest BCUT2D eigenvalue weighted by Gasteiger charge is 2.40. The maximum Gasteiger partial charge on any atom is 0.417 e. The standard InChI is InChI=1S/C47H54F3N9O6/c48-47(49,50)36-26-43(62)54-27-34(36)44(63)55-39-25-32(13-14-37(39)51)31-9-6-8-30(24-31)28-58-22-20-57(21-23-58)19-18-53-41(60)12-4-2-1-3-5-17-52-38-11-7-10-33-35(38)29-59(46(33)65)40-15-16-42(61)56-45(40)64/h6-11,13-14,24-27,40,52H,1-5,12,15-23,28-29,51H2,(H,53,60)(H,54,62)(H,55,63)(H,56,61,64). The van der Waals surface area contributed by atoms with Crippen LogP contribution in [0.3, 0.4) is 0 Å². The van der Waals surface area contributed by atoms with Gasteiger partial charge in [0.15, 0.2) is 0 Å². The van der Waals surface area contributed by atoms with Gasteiger partial charge in [0.25, 0.3) is 11.8 Å². The predicted octanol–water partition coefficient (Wildman–Crippen LogP) is 5.34. The van der Waals surface area contributed by atoms with Gasteiger partial charge in [-0.3, -0.25) is 43.9 Å². The molecule has 4 heterocycles. The zero-order valence-corrected chi connectivity index (χ0v) is 36.0. The molecule has 2 fully saturated rings. The van der Waals surface area contributed by atoms with E-state index in [1.807, 2.05) is 36.4 Å². The minimum Gasteiger partial charge on any atom is -0.397 e. The second kappa shape index (κ2) is 21.0. The average molecular weight is 898 g/mol. The quantitative estimate of drug-likeness (QED) is 0.0430. The number of H-pyrrole nitrogens is 1. The lowest BCUT2D eigenvalue weighted by Gasteiger charge is -2.34. The molecule has 0 aliphatic carbocycles. The fourth-order valence-electron chi connectivity index (χ4n) is 8.56. The minimum absolute atomic E-state index is 0.0592. The molecule has 65 heavy (non-hydrogen) atoms. The molecule has 1 atom stereocenters. The number of nitrogens with two attached hydrogens (primary N) is 1. The molecule has 15 nitrogen and oxygen atoms in total. The molecule has 1 aromatic heterocycles. The molecule has 344 valence electrons. The Labute approximate surface area is 374 Å². The maximum atomic E-state index is 13.6. The van der Waals surface area contributed by atoms with Crippen LogP contribution in [0.25, 0.3) is 11.1 Å². The highest BCUT2D eigenvalue weighted by Crippen LogP contribution is 2.34. The first-order chi connectivity index (χ1) is 31.2. The first kappa shape index (κ1) is 46.5. The zero-order valence-electron chi connectivity index (χ0n) is 36.0. The molecule has 4 aromatic rings. The molecular formula is C47H54F3N9O6. The van der Waals surface area contributed by atoms with Crippen molar-refractivity contribution >= 4 is 46.6 Å². The number of nitrogen functional groups attached to an aromatic ring is 1. The molecule has 7 N–H and O–H groups in total. The molecule has 1 unspecified atom stereocenters. The summed E-state index contributed by atoms with van der Waals surface area (Å²) < 4.78 is 40.7. The van der Waals surface area contributed by atoms with Gasteiger partial charge in [0.05, 0.1) is 22.5 Å². The lowest BCUT2D eigenvalue weighted by Crippen LogP contribution is -2.52. The van der Waals surface area contributed by atoms with E-state index in [2.05, 4.69) is 36.1 Å². The van der Waals surface area contributed by atoms with Crippen LogP contribution >= 0.6 is 0 Å². The lowest BCUT2D eigenvalue weighted by molar-refractivity contribution is -0.138. The van der Waals surface area contributed by atoms with Crippen molar-refractivity contribution in [1.82, 2.24) is 30.3 Å². The third kappa shape index (κ3) is 12.0. The summed E-state index contributed by atoms with van der Waals surface area (Å²) in [5.41, 5.74) is 8.33. The van der Waals surface area contributed by atoms with Gasteiger partial charge in [0.2, 0.25) is 23.3 Å².